The van der Waals surface area contributed by atoms with Crippen LogP contribution in [0.3, 0.4) is 0 Å². The van der Waals surface area contributed by atoms with E-state index < -0.39 is 11.9 Å². The number of nitrogens with zero attached hydrogens (tertiary/aromatic N) is 5. The Bertz CT molecular complexity index is 1440. The number of pyridine rings is 1. The van der Waals surface area contributed by atoms with Crippen molar-refractivity contribution < 1.29 is 13.2 Å². The summed E-state index contributed by atoms with van der Waals surface area (Å²) >= 11 is 0. The molecule has 0 aliphatic heterocycles. The SMILES string of the molecule is CC(C)c1ccccc1-c1nc2c(c(NCc3ccc(-c4nc(C(F)(F)F)cn4C(C)C)nc3)n1)CCC2. The normalized spacial score (nSPS) is 13.4. The van der Waals surface area contributed by atoms with E-state index in [1.807, 2.05) is 32.0 Å². The fourth-order valence-corrected chi connectivity index (χ4v) is 4.86. The number of benzene rings is 1. The highest BCUT2D eigenvalue weighted by Crippen LogP contribution is 2.34. The van der Waals surface area contributed by atoms with E-state index in [0.717, 1.165) is 59.5 Å². The summed E-state index contributed by atoms with van der Waals surface area (Å²) in [5.74, 6) is 2.11. The van der Waals surface area contributed by atoms with Crippen LogP contribution in [0.25, 0.3) is 22.9 Å². The van der Waals surface area contributed by atoms with Crippen LogP contribution in [0, 0.1) is 0 Å². The van der Waals surface area contributed by atoms with Crippen LogP contribution in [0.15, 0.2) is 48.8 Å². The molecule has 0 saturated carbocycles. The third kappa shape index (κ3) is 5.14. The maximum absolute atomic E-state index is 13.3. The quantitative estimate of drug-likeness (QED) is 0.279. The lowest BCUT2D eigenvalue weighted by molar-refractivity contribution is -0.140. The molecular formula is C29H31F3N6. The maximum atomic E-state index is 13.3. The van der Waals surface area contributed by atoms with Gasteiger partial charge in [-0.25, -0.2) is 15.0 Å². The van der Waals surface area contributed by atoms with Crippen molar-refractivity contribution in [3.63, 3.8) is 0 Å². The van der Waals surface area contributed by atoms with E-state index in [2.05, 4.69) is 41.3 Å². The molecule has 4 aromatic rings. The molecule has 0 bridgehead atoms. The first-order valence-corrected chi connectivity index (χ1v) is 13.0. The van der Waals surface area contributed by atoms with Crippen molar-refractivity contribution in [2.45, 2.75) is 71.6 Å². The molecule has 0 amide bonds. The second kappa shape index (κ2) is 10.2. The number of hydrogen-bond donors (Lipinski definition) is 1. The first kappa shape index (κ1) is 25.9. The second-order valence-corrected chi connectivity index (χ2v) is 10.3. The predicted molar refractivity (Wildman–Crippen MR) is 142 cm³/mol. The fourth-order valence-electron chi connectivity index (χ4n) is 4.86. The number of fused-ring (bicyclic) bond motifs is 1. The second-order valence-electron chi connectivity index (χ2n) is 10.3. The van der Waals surface area contributed by atoms with Crippen LogP contribution in [0.5, 0.6) is 0 Å². The first-order chi connectivity index (χ1) is 18.1. The van der Waals surface area contributed by atoms with Crippen molar-refractivity contribution in [1.29, 1.82) is 0 Å². The van der Waals surface area contributed by atoms with Gasteiger partial charge in [0.25, 0.3) is 0 Å². The monoisotopic (exact) mass is 520 g/mol. The average Bonchev–Trinajstić information content (AvgIpc) is 3.55. The minimum absolute atomic E-state index is 0.188. The van der Waals surface area contributed by atoms with E-state index in [1.165, 1.54) is 10.1 Å². The van der Waals surface area contributed by atoms with Crippen LogP contribution < -0.4 is 5.32 Å². The number of alkyl halides is 3. The summed E-state index contributed by atoms with van der Waals surface area (Å²) in [7, 11) is 0. The number of imidazole rings is 1. The molecule has 1 N–H and O–H groups in total. The zero-order valence-electron chi connectivity index (χ0n) is 22.0. The van der Waals surface area contributed by atoms with Crippen molar-refractivity contribution in [3.8, 4) is 22.9 Å². The molecule has 9 heteroatoms. The smallest absolute Gasteiger partial charge is 0.366 e. The topological polar surface area (TPSA) is 68.5 Å². The number of halogens is 3. The Morgan fingerprint density at radius 3 is 2.45 bits per heavy atom. The van der Waals surface area contributed by atoms with E-state index in [-0.39, 0.29) is 11.9 Å². The average molecular weight is 521 g/mol. The predicted octanol–water partition coefficient (Wildman–Crippen LogP) is 7.23. The largest absolute Gasteiger partial charge is 0.434 e. The molecule has 0 saturated heterocycles. The van der Waals surface area contributed by atoms with Crippen LogP contribution in [0.2, 0.25) is 0 Å². The van der Waals surface area contributed by atoms with Gasteiger partial charge in [-0.3, -0.25) is 4.98 Å². The van der Waals surface area contributed by atoms with Gasteiger partial charge in [-0.05, 0) is 56.2 Å². The molecule has 0 radical (unpaired) electrons. The number of nitrogens with one attached hydrogen (secondary N) is 1. The highest BCUT2D eigenvalue weighted by atomic mass is 19.4. The molecule has 1 aromatic carbocycles. The molecule has 0 atom stereocenters. The van der Waals surface area contributed by atoms with Gasteiger partial charge in [-0.1, -0.05) is 44.2 Å². The Morgan fingerprint density at radius 1 is 0.974 bits per heavy atom. The van der Waals surface area contributed by atoms with Crippen molar-refractivity contribution in [2.24, 2.45) is 0 Å². The Balaban J connectivity index is 1.40. The Labute approximate surface area is 220 Å². The van der Waals surface area contributed by atoms with E-state index in [1.54, 1.807) is 12.3 Å². The molecule has 0 fully saturated rings. The Hall–Kier alpha value is -3.75. The van der Waals surface area contributed by atoms with Crippen LogP contribution in [0.4, 0.5) is 19.0 Å². The zero-order chi connectivity index (χ0) is 27.0. The van der Waals surface area contributed by atoms with Gasteiger partial charge in [-0.2, -0.15) is 13.2 Å². The number of aromatic nitrogens is 5. The number of rotatable bonds is 7. The number of anilines is 1. The molecule has 3 aromatic heterocycles. The molecule has 5 rings (SSSR count). The van der Waals surface area contributed by atoms with Gasteiger partial charge in [0, 0.05) is 41.8 Å². The standard InChI is InChI=1S/C29H31F3N6/c1-17(2)20-8-5-6-9-21(20)27-35-23-11-7-10-22(23)26(37-27)34-15-19-12-13-24(33-14-19)28-36-25(29(30,31)32)16-38(28)18(3)4/h5-6,8-9,12-14,16-18H,7,10-11,15H2,1-4H3,(H,34,35,37). The number of aryl methyl sites for hydroxylation is 1. The first-order valence-electron chi connectivity index (χ1n) is 13.0. The molecule has 1 aliphatic rings. The Morgan fingerprint density at radius 2 is 1.76 bits per heavy atom. The molecule has 38 heavy (non-hydrogen) atoms. The number of hydrogen-bond acceptors (Lipinski definition) is 5. The minimum Gasteiger partial charge on any atom is -0.366 e. The van der Waals surface area contributed by atoms with Crippen molar-refractivity contribution >= 4 is 5.82 Å². The van der Waals surface area contributed by atoms with Gasteiger partial charge in [0.15, 0.2) is 17.3 Å². The van der Waals surface area contributed by atoms with Gasteiger partial charge in [0.1, 0.15) is 11.5 Å². The van der Waals surface area contributed by atoms with E-state index >= 15 is 0 Å². The van der Waals surface area contributed by atoms with E-state index in [9.17, 15) is 13.2 Å². The van der Waals surface area contributed by atoms with Crippen molar-refractivity contribution in [1.82, 2.24) is 24.5 Å². The highest BCUT2D eigenvalue weighted by molar-refractivity contribution is 5.65. The van der Waals surface area contributed by atoms with Gasteiger partial charge >= 0.3 is 6.18 Å². The Kier molecular flexibility index (Phi) is 6.94. The van der Waals surface area contributed by atoms with Crippen molar-refractivity contribution in [3.05, 3.63) is 76.9 Å². The summed E-state index contributed by atoms with van der Waals surface area (Å²) < 4.78 is 41.3. The minimum atomic E-state index is -4.51. The lowest BCUT2D eigenvalue weighted by Gasteiger charge is -2.16. The van der Waals surface area contributed by atoms with E-state index in [0.29, 0.717) is 18.2 Å². The van der Waals surface area contributed by atoms with Gasteiger partial charge in [-0.15, -0.1) is 0 Å². The van der Waals surface area contributed by atoms with Crippen LogP contribution in [-0.2, 0) is 25.6 Å². The molecular weight excluding hydrogens is 489 g/mol. The summed E-state index contributed by atoms with van der Waals surface area (Å²) in [5, 5.41) is 3.47. The summed E-state index contributed by atoms with van der Waals surface area (Å²) in [6.07, 6.45) is 1.12. The zero-order valence-corrected chi connectivity index (χ0v) is 22.0. The highest BCUT2D eigenvalue weighted by Gasteiger charge is 2.35. The third-order valence-electron chi connectivity index (χ3n) is 6.85. The summed E-state index contributed by atoms with van der Waals surface area (Å²) in [4.78, 5) is 18.1. The maximum Gasteiger partial charge on any atom is 0.434 e. The summed E-state index contributed by atoms with van der Waals surface area (Å²) in [6, 6.07) is 11.6. The third-order valence-corrected chi connectivity index (χ3v) is 6.85. The van der Waals surface area contributed by atoms with Crippen molar-refractivity contribution in [2.75, 3.05) is 5.32 Å². The molecule has 0 spiro atoms. The fraction of sp³-hybridized carbons (Fsp3) is 0.379. The van der Waals surface area contributed by atoms with Gasteiger partial charge < -0.3 is 9.88 Å². The molecule has 1 aliphatic carbocycles. The molecule has 198 valence electrons. The van der Waals surface area contributed by atoms with Gasteiger partial charge in [0.2, 0.25) is 0 Å². The van der Waals surface area contributed by atoms with Crippen LogP contribution in [0.1, 0.15) is 74.2 Å². The molecule has 6 nitrogen and oxygen atoms in total. The van der Waals surface area contributed by atoms with Gasteiger partial charge in [0.05, 0.1) is 0 Å². The summed E-state index contributed by atoms with van der Waals surface area (Å²) in [5.41, 5.74) is 4.87. The molecule has 0 unspecified atom stereocenters. The van der Waals surface area contributed by atoms with E-state index in [4.69, 9.17) is 9.97 Å². The van der Waals surface area contributed by atoms with Crippen LogP contribution in [-0.4, -0.2) is 24.5 Å². The lowest BCUT2D eigenvalue weighted by atomic mass is 9.96. The molecule has 3 heterocycles. The van der Waals surface area contributed by atoms with Crippen LogP contribution >= 0.6 is 0 Å². The summed E-state index contributed by atoms with van der Waals surface area (Å²) in [6.45, 7) is 8.45. The lowest BCUT2D eigenvalue weighted by Crippen LogP contribution is -2.09.